The lowest BCUT2D eigenvalue weighted by atomic mass is 10.2. The lowest BCUT2D eigenvalue weighted by Gasteiger charge is -2.24. The average molecular weight is 262 g/mol. The second kappa shape index (κ2) is 4.90. The number of benzene rings is 1. The van der Waals surface area contributed by atoms with Crippen molar-refractivity contribution in [1.29, 1.82) is 0 Å². The number of hydrogen-bond acceptors (Lipinski definition) is 4. The summed E-state index contributed by atoms with van der Waals surface area (Å²) in [5.41, 5.74) is 1.19. The third-order valence-corrected chi connectivity index (χ3v) is 3.44. The Morgan fingerprint density at radius 2 is 2.22 bits per heavy atom. The normalized spacial score (nSPS) is 17.5. The van der Waals surface area contributed by atoms with E-state index in [1.807, 2.05) is 41.9 Å². The molecule has 3 rings (SSSR count). The van der Waals surface area contributed by atoms with Crippen molar-refractivity contribution < 1.29 is 14.2 Å². The Balaban J connectivity index is 1.59. The molecule has 0 spiro atoms. The first-order chi connectivity index (χ1) is 8.81. The zero-order valence-electron chi connectivity index (χ0n) is 10.1. The van der Waals surface area contributed by atoms with E-state index in [1.54, 1.807) is 11.3 Å². The first-order valence-corrected chi connectivity index (χ1v) is 6.80. The van der Waals surface area contributed by atoms with E-state index < -0.39 is 0 Å². The highest BCUT2D eigenvalue weighted by atomic mass is 32.1. The van der Waals surface area contributed by atoms with Gasteiger partial charge in [0, 0.05) is 10.8 Å². The highest BCUT2D eigenvalue weighted by Gasteiger charge is 2.22. The lowest BCUT2D eigenvalue weighted by Crippen LogP contribution is -2.34. The highest BCUT2D eigenvalue weighted by molar-refractivity contribution is 7.08. The number of ether oxygens (including phenoxy) is 3. The van der Waals surface area contributed by atoms with Gasteiger partial charge in [-0.2, -0.15) is 0 Å². The summed E-state index contributed by atoms with van der Waals surface area (Å²) in [6.07, 6.45) is -0.0485. The molecule has 3 nitrogen and oxygen atoms in total. The van der Waals surface area contributed by atoms with Crippen LogP contribution in [0.1, 0.15) is 5.56 Å². The average Bonchev–Trinajstić information content (AvgIpc) is 2.84. The Morgan fingerprint density at radius 3 is 3.11 bits per heavy atom. The first kappa shape index (κ1) is 11.4. The summed E-state index contributed by atoms with van der Waals surface area (Å²) in [5, 5.41) is 3.90. The van der Waals surface area contributed by atoms with Crippen molar-refractivity contribution >= 4 is 11.3 Å². The quantitative estimate of drug-likeness (QED) is 0.849. The molecule has 1 aromatic carbocycles. The van der Waals surface area contributed by atoms with Gasteiger partial charge in [0.05, 0.1) is 0 Å². The number of rotatable bonds is 3. The molecule has 1 aliphatic heterocycles. The van der Waals surface area contributed by atoms with Gasteiger partial charge >= 0.3 is 0 Å². The highest BCUT2D eigenvalue weighted by Crippen LogP contribution is 2.35. The third kappa shape index (κ3) is 2.43. The van der Waals surface area contributed by atoms with E-state index in [-0.39, 0.29) is 6.10 Å². The number of thiophene rings is 1. The minimum Gasteiger partial charge on any atom is -0.490 e. The fourth-order valence-electron chi connectivity index (χ4n) is 1.84. The lowest BCUT2D eigenvalue weighted by molar-refractivity contribution is 0.0546. The van der Waals surface area contributed by atoms with Gasteiger partial charge in [-0.25, -0.2) is 0 Å². The Kier molecular flexibility index (Phi) is 3.11. The second-order valence-electron chi connectivity index (χ2n) is 4.28. The molecule has 18 heavy (non-hydrogen) atoms. The minimum atomic E-state index is -0.0485. The van der Waals surface area contributed by atoms with Crippen LogP contribution in [-0.2, 0) is 0 Å². The smallest absolute Gasteiger partial charge is 0.172 e. The van der Waals surface area contributed by atoms with Crippen LogP contribution in [0.2, 0.25) is 0 Å². The molecule has 1 aliphatic rings. The first-order valence-electron chi connectivity index (χ1n) is 5.86. The fraction of sp³-hybridized carbons (Fsp3) is 0.286. The molecule has 2 heterocycles. The van der Waals surface area contributed by atoms with Crippen LogP contribution < -0.4 is 14.2 Å². The molecule has 0 radical (unpaired) electrons. The SMILES string of the molecule is Cc1cccc(OCC2COc3cscc3O2)c1. The Hall–Kier alpha value is -1.68. The number of aryl methyl sites for hydroxylation is 1. The van der Waals surface area contributed by atoms with Gasteiger partial charge in [-0.05, 0) is 24.6 Å². The van der Waals surface area contributed by atoms with E-state index in [9.17, 15) is 0 Å². The van der Waals surface area contributed by atoms with Crippen LogP contribution in [-0.4, -0.2) is 19.3 Å². The topological polar surface area (TPSA) is 27.7 Å². The van der Waals surface area contributed by atoms with Crippen LogP contribution in [0.5, 0.6) is 17.2 Å². The molecule has 0 amide bonds. The van der Waals surface area contributed by atoms with Gasteiger partial charge in [-0.3, -0.25) is 0 Å². The molecule has 4 heteroatoms. The summed E-state index contributed by atoms with van der Waals surface area (Å²) >= 11 is 1.58. The molecule has 94 valence electrons. The van der Waals surface area contributed by atoms with Crippen molar-refractivity contribution in [3.05, 3.63) is 40.6 Å². The van der Waals surface area contributed by atoms with Crippen molar-refractivity contribution in [2.45, 2.75) is 13.0 Å². The molecule has 0 bridgehead atoms. The summed E-state index contributed by atoms with van der Waals surface area (Å²) in [7, 11) is 0. The van der Waals surface area contributed by atoms with Gasteiger partial charge in [-0.1, -0.05) is 12.1 Å². The Bertz CT molecular complexity index is 535. The summed E-state index contributed by atoms with van der Waals surface area (Å²) in [4.78, 5) is 0. The zero-order chi connectivity index (χ0) is 12.4. The standard InChI is InChI=1S/C14H14O3S/c1-10-3-2-4-11(5-10)15-6-12-7-16-13-8-18-9-14(13)17-12/h2-5,8-9,12H,6-7H2,1H3. The van der Waals surface area contributed by atoms with Crippen LogP contribution in [0.15, 0.2) is 35.0 Å². The van der Waals surface area contributed by atoms with Crippen LogP contribution in [0.4, 0.5) is 0 Å². The van der Waals surface area contributed by atoms with E-state index in [2.05, 4.69) is 0 Å². The molecule has 1 aromatic heterocycles. The van der Waals surface area contributed by atoms with Gasteiger partial charge in [0.15, 0.2) is 17.6 Å². The largest absolute Gasteiger partial charge is 0.490 e. The summed E-state index contributed by atoms with van der Waals surface area (Å²) < 4.78 is 17.1. The zero-order valence-corrected chi connectivity index (χ0v) is 10.9. The van der Waals surface area contributed by atoms with Crippen molar-refractivity contribution in [1.82, 2.24) is 0 Å². The second-order valence-corrected chi connectivity index (χ2v) is 5.02. The number of hydrogen-bond donors (Lipinski definition) is 0. The van der Waals surface area contributed by atoms with Crippen molar-refractivity contribution in [3.8, 4) is 17.2 Å². The maximum atomic E-state index is 5.78. The van der Waals surface area contributed by atoms with E-state index in [0.29, 0.717) is 13.2 Å². The molecular formula is C14H14O3S. The molecule has 0 fully saturated rings. The van der Waals surface area contributed by atoms with Gasteiger partial charge in [0.1, 0.15) is 19.0 Å². The third-order valence-electron chi connectivity index (χ3n) is 2.74. The van der Waals surface area contributed by atoms with Crippen LogP contribution >= 0.6 is 11.3 Å². The van der Waals surface area contributed by atoms with Crippen molar-refractivity contribution in [2.24, 2.45) is 0 Å². The van der Waals surface area contributed by atoms with Crippen LogP contribution in [0, 0.1) is 6.92 Å². The maximum Gasteiger partial charge on any atom is 0.172 e. The molecule has 1 atom stereocenters. The summed E-state index contributed by atoms with van der Waals surface area (Å²) in [6, 6.07) is 8.00. The van der Waals surface area contributed by atoms with Crippen molar-refractivity contribution in [2.75, 3.05) is 13.2 Å². The van der Waals surface area contributed by atoms with Gasteiger partial charge < -0.3 is 14.2 Å². The van der Waals surface area contributed by atoms with Crippen molar-refractivity contribution in [3.63, 3.8) is 0 Å². The van der Waals surface area contributed by atoms with Crippen LogP contribution in [0.25, 0.3) is 0 Å². The summed E-state index contributed by atoms with van der Waals surface area (Å²) in [6.45, 7) is 3.08. The fourth-order valence-corrected chi connectivity index (χ4v) is 2.51. The molecule has 1 unspecified atom stereocenters. The van der Waals surface area contributed by atoms with E-state index in [0.717, 1.165) is 17.2 Å². The van der Waals surface area contributed by atoms with Crippen LogP contribution in [0.3, 0.4) is 0 Å². The molecule has 0 N–H and O–H groups in total. The van der Waals surface area contributed by atoms with E-state index >= 15 is 0 Å². The summed E-state index contributed by atoms with van der Waals surface area (Å²) in [5.74, 6) is 2.53. The molecule has 0 saturated heterocycles. The molecule has 2 aromatic rings. The number of fused-ring (bicyclic) bond motifs is 1. The predicted octanol–water partition coefficient (Wildman–Crippen LogP) is 3.28. The van der Waals surface area contributed by atoms with E-state index in [4.69, 9.17) is 14.2 Å². The maximum absolute atomic E-state index is 5.78. The molecule has 0 aliphatic carbocycles. The van der Waals surface area contributed by atoms with Gasteiger partial charge in [0.25, 0.3) is 0 Å². The Morgan fingerprint density at radius 1 is 1.33 bits per heavy atom. The molecule has 0 saturated carbocycles. The predicted molar refractivity (Wildman–Crippen MR) is 70.9 cm³/mol. The van der Waals surface area contributed by atoms with Gasteiger partial charge in [0.2, 0.25) is 0 Å². The Labute approximate surface area is 110 Å². The minimum absolute atomic E-state index is 0.0485. The van der Waals surface area contributed by atoms with Gasteiger partial charge in [-0.15, -0.1) is 11.3 Å². The molecular weight excluding hydrogens is 248 g/mol. The van der Waals surface area contributed by atoms with E-state index in [1.165, 1.54) is 5.56 Å². The monoisotopic (exact) mass is 262 g/mol.